The van der Waals surface area contributed by atoms with Crippen LogP contribution in [0.2, 0.25) is 0 Å². The number of carbonyl (C=O) groups excluding carboxylic acids is 1. The lowest BCUT2D eigenvalue weighted by atomic mass is 9.96. The minimum Gasteiger partial charge on any atom is -0.444 e. The van der Waals surface area contributed by atoms with Gasteiger partial charge in [-0.1, -0.05) is 0 Å². The lowest BCUT2D eigenvalue weighted by molar-refractivity contribution is 0.000840. The first-order chi connectivity index (χ1) is 16.7. The molecule has 35 heavy (non-hydrogen) atoms. The summed E-state index contributed by atoms with van der Waals surface area (Å²) >= 11 is 0. The molecule has 4 heterocycles. The maximum Gasteiger partial charge on any atom is 0.410 e. The molecule has 1 saturated carbocycles. The Labute approximate surface area is 203 Å². The van der Waals surface area contributed by atoms with Gasteiger partial charge in [0, 0.05) is 49.9 Å². The molecule has 1 saturated heterocycles. The number of amides is 1. The highest BCUT2D eigenvalue weighted by molar-refractivity contribution is 5.86. The van der Waals surface area contributed by atoms with Crippen LogP contribution in [-0.4, -0.2) is 62.7 Å². The maximum absolute atomic E-state index is 14.3. The second-order valence-electron chi connectivity index (χ2n) is 10.4. The van der Waals surface area contributed by atoms with Gasteiger partial charge in [0.05, 0.1) is 11.7 Å². The number of likely N-dealkylation sites (tertiary alicyclic amines) is 1. The number of nitrogens with zero attached hydrogens (tertiary/aromatic N) is 5. The summed E-state index contributed by atoms with van der Waals surface area (Å²) < 4.78 is 19.8. The summed E-state index contributed by atoms with van der Waals surface area (Å²) in [5.74, 6) is 1.11. The highest BCUT2D eigenvalue weighted by Crippen LogP contribution is 2.48. The normalized spacial score (nSPS) is 17.1. The molecule has 0 bridgehead atoms. The van der Waals surface area contributed by atoms with Gasteiger partial charge < -0.3 is 20.3 Å². The summed E-state index contributed by atoms with van der Waals surface area (Å²) in [6.07, 6.45) is 6.12. The number of carbonyl (C=O) groups is 1. The largest absolute Gasteiger partial charge is 0.444 e. The van der Waals surface area contributed by atoms with Crippen molar-refractivity contribution >= 4 is 28.9 Å². The highest BCUT2D eigenvalue weighted by Gasteiger charge is 2.46. The molecule has 1 aliphatic carbocycles. The molecular formula is C25H30FN7O2. The molecule has 0 spiro atoms. The number of halogens is 1. The van der Waals surface area contributed by atoms with Gasteiger partial charge in [-0.05, 0) is 57.4 Å². The quantitative estimate of drug-likeness (QED) is 0.524. The summed E-state index contributed by atoms with van der Waals surface area (Å²) in [5.41, 5.74) is 1.32. The summed E-state index contributed by atoms with van der Waals surface area (Å²) in [7, 11) is 0. The number of fused-ring (bicyclic) bond motifs is 1. The van der Waals surface area contributed by atoms with Crippen molar-refractivity contribution in [3.8, 4) is 0 Å². The molecule has 3 aromatic heterocycles. The third kappa shape index (κ3) is 5.11. The molecule has 3 aromatic rings. The fourth-order valence-electron chi connectivity index (χ4n) is 4.33. The van der Waals surface area contributed by atoms with E-state index < -0.39 is 5.60 Å². The molecule has 0 unspecified atom stereocenters. The van der Waals surface area contributed by atoms with Crippen molar-refractivity contribution in [3.05, 3.63) is 48.2 Å². The van der Waals surface area contributed by atoms with Crippen molar-refractivity contribution in [1.82, 2.24) is 24.8 Å². The van der Waals surface area contributed by atoms with E-state index in [0.29, 0.717) is 49.0 Å². The molecule has 0 radical (unpaired) electrons. The van der Waals surface area contributed by atoms with Crippen molar-refractivity contribution in [2.75, 3.05) is 36.8 Å². The van der Waals surface area contributed by atoms with E-state index in [9.17, 15) is 9.18 Å². The van der Waals surface area contributed by atoms with Gasteiger partial charge in [0.2, 0.25) is 5.95 Å². The van der Waals surface area contributed by atoms with Gasteiger partial charge in [-0.2, -0.15) is 4.98 Å². The van der Waals surface area contributed by atoms with Crippen molar-refractivity contribution in [3.63, 3.8) is 0 Å². The number of hydrogen-bond acceptors (Lipinski definition) is 8. The van der Waals surface area contributed by atoms with E-state index in [0.717, 1.165) is 18.4 Å². The lowest BCUT2D eigenvalue weighted by Crippen LogP contribution is -2.53. The Bertz CT molecular complexity index is 1240. The van der Waals surface area contributed by atoms with Crippen LogP contribution in [0.1, 0.15) is 39.2 Å². The predicted octanol–water partition coefficient (Wildman–Crippen LogP) is 3.98. The lowest BCUT2D eigenvalue weighted by Gasteiger charge is -2.39. The molecule has 5 rings (SSSR count). The molecule has 2 fully saturated rings. The van der Waals surface area contributed by atoms with Crippen molar-refractivity contribution in [1.29, 1.82) is 0 Å². The zero-order chi connectivity index (χ0) is 24.6. The van der Waals surface area contributed by atoms with E-state index in [1.54, 1.807) is 23.4 Å². The predicted molar refractivity (Wildman–Crippen MR) is 131 cm³/mol. The van der Waals surface area contributed by atoms with Crippen LogP contribution in [0, 0.1) is 11.7 Å². The number of hydrogen-bond donors (Lipinski definition) is 2. The second kappa shape index (κ2) is 8.90. The Morgan fingerprint density at radius 2 is 2.00 bits per heavy atom. The molecule has 184 valence electrons. The van der Waals surface area contributed by atoms with Crippen molar-refractivity contribution in [2.24, 2.45) is 5.92 Å². The molecule has 0 atom stereocenters. The minimum atomic E-state index is -0.502. The van der Waals surface area contributed by atoms with E-state index in [-0.39, 0.29) is 23.2 Å². The van der Waals surface area contributed by atoms with E-state index >= 15 is 0 Å². The van der Waals surface area contributed by atoms with Crippen LogP contribution < -0.4 is 10.6 Å². The maximum atomic E-state index is 14.3. The number of anilines is 2. The zero-order valence-corrected chi connectivity index (χ0v) is 20.2. The van der Waals surface area contributed by atoms with Gasteiger partial charge in [0.25, 0.3) is 0 Å². The van der Waals surface area contributed by atoms with E-state index in [1.807, 2.05) is 32.9 Å². The Balaban J connectivity index is 1.24. The van der Waals surface area contributed by atoms with Gasteiger partial charge in [-0.15, -0.1) is 0 Å². The average molecular weight is 480 g/mol. The Morgan fingerprint density at radius 1 is 1.20 bits per heavy atom. The first kappa shape index (κ1) is 23.2. The fourth-order valence-corrected chi connectivity index (χ4v) is 4.33. The third-order valence-corrected chi connectivity index (χ3v) is 6.40. The third-order valence-electron chi connectivity index (χ3n) is 6.40. The first-order valence-electron chi connectivity index (χ1n) is 11.9. The smallest absolute Gasteiger partial charge is 0.410 e. The van der Waals surface area contributed by atoms with Gasteiger partial charge in [0.1, 0.15) is 16.9 Å². The topological polar surface area (TPSA) is 105 Å². The van der Waals surface area contributed by atoms with Crippen molar-refractivity contribution < 1.29 is 13.9 Å². The van der Waals surface area contributed by atoms with Gasteiger partial charge in [-0.25, -0.2) is 14.2 Å². The van der Waals surface area contributed by atoms with Crippen LogP contribution in [-0.2, 0) is 10.2 Å². The Morgan fingerprint density at radius 3 is 2.71 bits per heavy atom. The van der Waals surface area contributed by atoms with Crippen LogP contribution in [0.15, 0.2) is 36.8 Å². The summed E-state index contributed by atoms with van der Waals surface area (Å²) in [6, 6.07) is 5.48. The molecule has 1 amide bonds. The fraction of sp³-hybridized carbons (Fsp3) is 0.480. The molecular weight excluding hydrogens is 449 g/mol. The Kier molecular flexibility index (Phi) is 5.90. The number of aromatic nitrogens is 4. The van der Waals surface area contributed by atoms with Crippen LogP contribution in [0.25, 0.3) is 11.0 Å². The van der Waals surface area contributed by atoms with E-state index in [4.69, 9.17) is 4.74 Å². The molecule has 2 aliphatic rings. The molecule has 9 nitrogen and oxygen atoms in total. The van der Waals surface area contributed by atoms with Crippen LogP contribution in [0.3, 0.4) is 0 Å². The number of pyridine rings is 2. The summed E-state index contributed by atoms with van der Waals surface area (Å²) in [6.45, 7) is 8.02. The van der Waals surface area contributed by atoms with Gasteiger partial charge in [-0.3, -0.25) is 9.97 Å². The minimum absolute atomic E-state index is 0.259. The average Bonchev–Trinajstić information content (AvgIpc) is 3.56. The second-order valence-corrected chi connectivity index (χ2v) is 10.4. The Hall–Kier alpha value is -3.56. The molecule has 2 N–H and O–H groups in total. The highest BCUT2D eigenvalue weighted by atomic mass is 19.1. The number of rotatable bonds is 7. The standard InChI is InChI=1S/C25H30FN7O2/c1-24(2,3)35-23(34)33-13-16(14-33)11-29-21-20-19(5-4-9-28-20)31-22(32-21)30-15-25(7-8-25)17-6-10-27-12-18(17)26/h4-6,9-10,12,16H,7-8,11,13-15H2,1-3H3,(H2,29,30,31,32). The molecule has 10 heteroatoms. The summed E-state index contributed by atoms with van der Waals surface area (Å²) in [5, 5.41) is 6.71. The first-order valence-corrected chi connectivity index (χ1v) is 11.9. The van der Waals surface area contributed by atoms with E-state index in [2.05, 4.69) is 30.6 Å². The van der Waals surface area contributed by atoms with Crippen LogP contribution >= 0.6 is 0 Å². The van der Waals surface area contributed by atoms with Crippen molar-refractivity contribution in [2.45, 2.75) is 44.6 Å². The van der Waals surface area contributed by atoms with Crippen LogP contribution in [0.4, 0.5) is 21.0 Å². The van der Waals surface area contributed by atoms with Gasteiger partial charge in [0.15, 0.2) is 5.82 Å². The molecule has 0 aromatic carbocycles. The molecule has 1 aliphatic heterocycles. The summed E-state index contributed by atoms with van der Waals surface area (Å²) in [4.78, 5) is 31.5. The van der Waals surface area contributed by atoms with E-state index in [1.165, 1.54) is 6.20 Å². The number of ether oxygens (including phenoxy) is 1. The van der Waals surface area contributed by atoms with Gasteiger partial charge >= 0.3 is 6.09 Å². The van der Waals surface area contributed by atoms with Crippen LogP contribution in [0.5, 0.6) is 0 Å². The number of nitrogens with one attached hydrogen (secondary N) is 2. The SMILES string of the molecule is CC(C)(C)OC(=O)N1CC(CNc2nc(NCC3(c4ccncc4F)CC3)nc3cccnc23)C1. The monoisotopic (exact) mass is 479 g/mol. The zero-order valence-electron chi connectivity index (χ0n) is 20.2.